The fourth-order valence-corrected chi connectivity index (χ4v) is 3.00. The van der Waals surface area contributed by atoms with E-state index >= 15 is 0 Å². The quantitative estimate of drug-likeness (QED) is 0.608. The lowest BCUT2D eigenvalue weighted by atomic mass is 10.1. The van der Waals surface area contributed by atoms with Crippen molar-refractivity contribution in [2.24, 2.45) is 0 Å². The van der Waals surface area contributed by atoms with Crippen molar-refractivity contribution in [2.45, 2.75) is 26.8 Å². The smallest absolute Gasteiger partial charge is 0.256 e. The Bertz CT molecular complexity index is 1100. The van der Waals surface area contributed by atoms with E-state index in [0.29, 0.717) is 11.4 Å². The lowest BCUT2D eigenvalue weighted by molar-refractivity contribution is 0.102. The van der Waals surface area contributed by atoms with Crippen LogP contribution in [0.3, 0.4) is 0 Å². The van der Waals surface area contributed by atoms with Gasteiger partial charge in [-0.2, -0.15) is 5.10 Å². The van der Waals surface area contributed by atoms with Crippen molar-refractivity contribution in [3.05, 3.63) is 59.9 Å². The van der Waals surface area contributed by atoms with Gasteiger partial charge in [0.1, 0.15) is 0 Å². The third kappa shape index (κ3) is 2.90. The highest BCUT2D eigenvalue weighted by molar-refractivity contribution is 6.08. The number of amides is 1. The first-order valence-corrected chi connectivity index (χ1v) is 8.65. The van der Waals surface area contributed by atoms with E-state index in [1.807, 2.05) is 16.8 Å². The number of aromatic nitrogens is 4. The summed E-state index contributed by atoms with van der Waals surface area (Å²) in [5.41, 5.74) is 3.43. The Morgan fingerprint density at radius 1 is 1.15 bits per heavy atom. The van der Waals surface area contributed by atoms with Gasteiger partial charge in [-0.3, -0.25) is 9.78 Å². The summed E-state index contributed by atoms with van der Waals surface area (Å²) < 4.78 is 1.86. The molecule has 0 bridgehead atoms. The molecule has 4 rings (SSSR count). The fourth-order valence-electron chi connectivity index (χ4n) is 3.00. The minimum atomic E-state index is -0.209. The molecular weight excluding hydrogens is 326 g/mol. The van der Waals surface area contributed by atoms with Gasteiger partial charge in [0.05, 0.1) is 10.9 Å². The average molecular weight is 345 g/mol. The number of fused-ring (bicyclic) bond motifs is 2. The Labute approximate surface area is 150 Å². The van der Waals surface area contributed by atoms with Crippen molar-refractivity contribution in [2.75, 3.05) is 5.32 Å². The molecule has 26 heavy (non-hydrogen) atoms. The Morgan fingerprint density at radius 3 is 2.73 bits per heavy atom. The molecule has 0 unspecified atom stereocenters. The first-order valence-electron chi connectivity index (χ1n) is 8.65. The van der Waals surface area contributed by atoms with E-state index in [1.165, 1.54) is 0 Å². The molecule has 1 amide bonds. The molecule has 0 spiro atoms. The summed E-state index contributed by atoms with van der Waals surface area (Å²) in [6, 6.07) is 11.6. The monoisotopic (exact) mass is 345 g/mol. The minimum Gasteiger partial charge on any atom is -0.304 e. The maximum Gasteiger partial charge on any atom is 0.256 e. The molecule has 4 aromatic rings. The number of rotatable bonds is 4. The van der Waals surface area contributed by atoms with Crippen LogP contribution < -0.4 is 5.32 Å². The zero-order valence-electron chi connectivity index (χ0n) is 14.7. The molecule has 0 aliphatic rings. The second-order valence-electron chi connectivity index (χ2n) is 6.32. The lowest BCUT2D eigenvalue weighted by Gasteiger charge is -2.03. The van der Waals surface area contributed by atoms with Crippen molar-refractivity contribution in [1.29, 1.82) is 0 Å². The number of carbonyl (C=O) groups is 1. The van der Waals surface area contributed by atoms with Crippen LogP contribution >= 0.6 is 0 Å². The number of aryl methyl sites for hydroxylation is 2. The summed E-state index contributed by atoms with van der Waals surface area (Å²) >= 11 is 0. The van der Waals surface area contributed by atoms with Crippen molar-refractivity contribution in [3.63, 3.8) is 0 Å². The van der Waals surface area contributed by atoms with E-state index in [9.17, 15) is 4.79 Å². The van der Waals surface area contributed by atoms with Gasteiger partial charge in [0.25, 0.3) is 5.91 Å². The molecule has 0 aliphatic heterocycles. The molecule has 6 heteroatoms. The second kappa shape index (κ2) is 6.55. The number of nitrogens with zero attached hydrogens (tertiary/aromatic N) is 4. The molecule has 0 radical (unpaired) electrons. The third-order valence-electron chi connectivity index (χ3n) is 4.28. The highest BCUT2D eigenvalue weighted by atomic mass is 16.1. The molecule has 0 atom stereocenters. The van der Waals surface area contributed by atoms with Gasteiger partial charge in [0, 0.05) is 29.9 Å². The fraction of sp³-hybridized carbons (Fsp3) is 0.200. The summed E-state index contributed by atoms with van der Waals surface area (Å²) in [6.07, 6.45) is 4.13. The van der Waals surface area contributed by atoms with Crippen molar-refractivity contribution in [3.8, 4) is 0 Å². The Kier molecular flexibility index (Phi) is 4.08. The van der Waals surface area contributed by atoms with E-state index < -0.39 is 0 Å². The highest BCUT2D eigenvalue weighted by Gasteiger charge is 2.16. The number of anilines is 1. The third-order valence-corrected chi connectivity index (χ3v) is 4.28. The Balaban J connectivity index is 1.83. The lowest BCUT2D eigenvalue weighted by Crippen LogP contribution is -2.12. The molecule has 0 aliphatic carbocycles. The van der Waals surface area contributed by atoms with Crippen molar-refractivity contribution < 1.29 is 4.79 Å². The van der Waals surface area contributed by atoms with Crippen LogP contribution in [-0.2, 0) is 6.54 Å². The van der Waals surface area contributed by atoms with Gasteiger partial charge in [-0.15, -0.1) is 0 Å². The number of carbonyl (C=O) groups excluding carboxylic acids is 1. The average Bonchev–Trinajstić information content (AvgIpc) is 2.97. The molecule has 0 fully saturated rings. The van der Waals surface area contributed by atoms with Gasteiger partial charge in [0.2, 0.25) is 0 Å². The number of hydrogen-bond acceptors (Lipinski definition) is 4. The summed E-state index contributed by atoms with van der Waals surface area (Å²) in [7, 11) is 0. The number of nitrogens with one attached hydrogen (secondary N) is 1. The largest absolute Gasteiger partial charge is 0.304 e. The topological polar surface area (TPSA) is 72.7 Å². The van der Waals surface area contributed by atoms with Crippen LogP contribution in [0.15, 0.2) is 48.8 Å². The van der Waals surface area contributed by atoms with Gasteiger partial charge in [0.15, 0.2) is 11.5 Å². The maximum absolute atomic E-state index is 12.5. The standard InChI is InChI=1S/C20H19N5O/c1-3-10-25-19-16(12-15-5-4-13(2)11-17(15)22-19)18(24-25)23-20(26)14-6-8-21-9-7-14/h4-9,11-12H,3,10H2,1-2H3,(H,23,24,26). The van der Waals surface area contributed by atoms with Crippen LogP contribution in [0.1, 0.15) is 29.3 Å². The molecule has 3 heterocycles. The van der Waals surface area contributed by atoms with Crippen LogP contribution in [0, 0.1) is 6.92 Å². The van der Waals surface area contributed by atoms with Crippen LogP contribution in [0.4, 0.5) is 5.82 Å². The number of benzene rings is 1. The zero-order chi connectivity index (χ0) is 18.1. The first-order chi connectivity index (χ1) is 12.7. The Hall–Kier alpha value is -3.28. The molecule has 3 aromatic heterocycles. The van der Waals surface area contributed by atoms with E-state index in [2.05, 4.69) is 41.4 Å². The SMILES string of the molecule is CCCn1nc(NC(=O)c2ccncc2)c2cc3ccc(C)cc3nc21. The van der Waals surface area contributed by atoms with Gasteiger partial charge in [-0.25, -0.2) is 9.67 Å². The summed E-state index contributed by atoms with van der Waals surface area (Å²) in [5.74, 6) is 0.324. The predicted octanol–water partition coefficient (Wildman–Crippen LogP) is 3.95. The first kappa shape index (κ1) is 16.2. The zero-order valence-corrected chi connectivity index (χ0v) is 14.7. The van der Waals surface area contributed by atoms with E-state index in [0.717, 1.165) is 40.5 Å². The summed E-state index contributed by atoms with van der Waals surface area (Å²) in [5, 5.41) is 9.39. The van der Waals surface area contributed by atoms with Gasteiger partial charge >= 0.3 is 0 Å². The highest BCUT2D eigenvalue weighted by Crippen LogP contribution is 2.27. The van der Waals surface area contributed by atoms with Gasteiger partial charge < -0.3 is 5.32 Å². The van der Waals surface area contributed by atoms with Crippen LogP contribution in [0.2, 0.25) is 0 Å². The predicted molar refractivity (Wildman–Crippen MR) is 102 cm³/mol. The molecule has 0 saturated heterocycles. The molecular formula is C20H19N5O. The normalized spacial score (nSPS) is 11.2. The van der Waals surface area contributed by atoms with Crippen molar-refractivity contribution >= 4 is 33.7 Å². The van der Waals surface area contributed by atoms with Crippen LogP contribution in [0.5, 0.6) is 0 Å². The van der Waals surface area contributed by atoms with Crippen LogP contribution in [-0.4, -0.2) is 25.7 Å². The maximum atomic E-state index is 12.5. The van der Waals surface area contributed by atoms with Crippen LogP contribution in [0.25, 0.3) is 21.9 Å². The van der Waals surface area contributed by atoms with E-state index in [-0.39, 0.29) is 5.91 Å². The number of hydrogen-bond donors (Lipinski definition) is 1. The van der Waals surface area contributed by atoms with Gasteiger partial charge in [-0.05, 0) is 43.2 Å². The molecule has 0 saturated carbocycles. The number of pyridine rings is 2. The molecule has 130 valence electrons. The van der Waals surface area contributed by atoms with Crippen molar-refractivity contribution in [1.82, 2.24) is 19.7 Å². The summed E-state index contributed by atoms with van der Waals surface area (Å²) in [6.45, 7) is 4.88. The molecule has 1 N–H and O–H groups in total. The Morgan fingerprint density at radius 2 is 1.96 bits per heavy atom. The molecule has 1 aromatic carbocycles. The van der Waals surface area contributed by atoms with Gasteiger partial charge in [-0.1, -0.05) is 19.1 Å². The summed E-state index contributed by atoms with van der Waals surface area (Å²) in [4.78, 5) is 21.3. The molecule has 6 nitrogen and oxygen atoms in total. The van der Waals surface area contributed by atoms with E-state index in [4.69, 9.17) is 4.98 Å². The minimum absolute atomic E-state index is 0.209. The second-order valence-corrected chi connectivity index (χ2v) is 6.32. The van der Waals surface area contributed by atoms with E-state index in [1.54, 1.807) is 24.5 Å².